The van der Waals surface area contributed by atoms with Crippen LogP contribution in [0.25, 0.3) is 11.3 Å². The molecular weight excluding hydrogens is 300 g/mol. The van der Waals surface area contributed by atoms with Crippen LogP contribution in [-0.2, 0) is 16.0 Å². The monoisotopic (exact) mass is 320 g/mol. The van der Waals surface area contributed by atoms with E-state index in [1.54, 1.807) is 0 Å². The van der Waals surface area contributed by atoms with Crippen LogP contribution in [0.1, 0.15) is 12.5 Å². The standard InChI is InChI=1S/C20H20N2O2/c1-2-24-19(23)14-15-8-10-17(11-9-15)22-18-12-13-21-20(18)16-6-4-3-5-7-16/h3-13,21-22H,2,14H2,1H3. The lowest BCUT2D eigenvalue weighted by molar-refractivity contribution is -0.142. The van der Waals surface area contributed by atoms with E-state index in [0.29, 0.717) is 13.0 Å². The molecule has 122 valence electrons. The van der Waals surface area contributed by atoms with Crippen molar-refractivity contribution in [3.63, 3.8) is 0 Å². The van der Waals surface area contributed by atoms with Crippen LogP contribution in [0.5, 0.6) is 0 Å². The molecule has 0 amide bonds. The zero-order valence-electron chi connectivity index (χ0n) is 13.6. The van der Waals surface area contributed by atoms with Gasteiger partial charge in [0.15, 0.2) is 0 Å². The Morgan fingerprint density at radius 1 is 1.04 bits per heavy atom. The molecule has 2 aromatic carbocycles. The fourth-order valence-electron chi connectivity index (χ4n) is 2.56. The average molecular weight is 320 g/mol. The molecule has 0 bridgehead atoms. The number of carbonyl (C=O) groups is 1. The Bertz CT molecular complexity index is 792. The number of carbonyl (C=O) groups excluding carboxylic acids is 1. The number of anilines is 2. The van der Waals surface area contributed by atoms with Crippen molar-refractivity contribution in [2.75, 3.05) is 11.9 Å². The molecule has 2 N–H and O–H groups in total. The summed E-state index contributed by atoms with van der Waals surface area (Å²) in [5.41, 5.74) is 5.10. The van der Waals surface area contributed by atoms with Crippen LogP contribution in [-0.4, -0.2) is 17.6 Å². The van der Waals surface area contributed by atoms with Gasteiger partial charge < -0.3 is 15.0 Å². The fraction of sp³-hybridized carbons (Fsp3) is 0.150. The Morgan fingerprint density at radius 3 is 2.50 bits per heavy atom. The molecule has 4 nitrogen and oxygen atoms in total. The lowest BCUT2D eigenvalue weighted by atomic mass is 10.1. The van der Waals surface area contributed by atoms with Gasteiger partial charge in [0.1, 0.15) is 0 Å². The number of benzene rings is 2. The number of H-pyrrole nitrogens is 1. The fourth-order valence-corrected chi connectivity index (χ4v) is 2.56. The smallest absolute Gasteiger partial charge is 0.310 e. The normalized spacial score (nSPS) is 10.4. The minimum absolute atomic E-state index is 0.199. The molecule has 4 heteroatoms. The van der Waals surface area contributed by atoms with E-state index < -0.39 is 0 Å². The van der Waals surface area contributed by atoms with Crippen molar-refractivity contribution in [2.24, 2.45) is 0 Å². The van der Waals surface area contributed by atoms with E-state index in [1.807, 2.05) is 61.7 Å². The van der Waals surface area contributed by atoms with E-state index in [2.05, 4.69) is 22.4 Å². The van der Waals surface area contributed by atoms with E-state index in [9.17, 15) is 4.79 Å². The van der Waals surface area contributed by atoms with Crippen molar-refractivity contribution in [1.29, 1.82) is 0 Å². The highest BCUT2D eigenvalue weighted by Gasteiger charge is 2.07. The molecular formula is C20H20N2O2. The molecule has 24 heavy (non-hydrogen) atoms. The average Bonchev–Trinajstić information content (AvgIpc) is 3.06. The van der Waals surface area contributed by atoms with Gasteiger partial charge in [0.2, 0.25) is 0 Å². The predicted molar refractivity (Wildman–Crippen MR) is 96.3 cm³/mol. The number of aromatic nitrogens is 1. The third kappa shape index (κ3) is 3.84. The lowest BCUT2D eigenvalue weighted by Crippen LogP contribution is -2.07. The number of esters is 1. The first-order chi connectivity index (χ1) is 11.8. The van der Waals surface area contributed by atoms with Crippen LogP contribution in [0.3, 0.4) is 0 Å². The number of nitrogens with one attached hydrogen (secondary N) is 2. The van der Waals surface area contributed by atoms with Gasteiger partial charge in [0.25, 0.3) is 0 Å². The molecule has 0 saturated carbocycles. The minimum atomic E-state index is -0.199. The number of ether oxygens (including phenoxy) is 1. The number of rotatable bonds is 6. The quantitative estimate of drug-likeness (QED) is 0.656. The van der Waals surface area contributed by atoms with Crippen molar-refractivity contribution in [2.45, 2.75) is 13.3 Å². The number of hydrogen-bond donors (Lipinski definition) is 2. The van der Waals surface area contributed by atoms with Crippen LogP contribution in [0, 0.1) is 0 Å². The summed E-state index contributed by atoms with van der Waals surface area (Å²) in [4.78, 5) is 14.8. The molecule has 0 aliphatic carbocycles. The first-order valence-corrected chi connectivity index (χ1v) is 8.00. The molecule has 1 aromatic heterocycles. The van der Waals surface area contributed by atoms with Crippen molar-refractivity contribution >= 4 is 17.3 Å². The van der Waals surface area contributed by atoms with Crippen LogP contribution >= 0.6 is 0 Å². The molecule has 0 atom stereocenters. The molecule has 0 aliphatic heterocycles. The van der Waals surface area contributed by atoms with Crippen LogP contribution in [0.15, 0.2) is 66.9 Å². The zero-order valence-corrected chi connectivity index (χ0v) is 13.6. The van der Waals surface area contributed by atoms with Gasteiger partial charge in [-0.3, -0.25) is 4.79 Å². The van der Waals surface area contributed by atoms with Gasteiger partial charge in [-0.1, -0.05) is 42.5 Å². The van der Waals surface area contributed by atoms with Crippen molar-refractivity contribution in [3.05, 3.63) is 72.4 Å². The summed E-state index contributed by atoms with van der Waals surface area (Å²) in [6, 6.07) is 20.0. The summed E-state index contributed by atoms with van der Waals surface area (Å²) < 4.78 is 4.97. The Labute approximate surface area is 141 Å². The highest BCUT2D eigenvalue weighted by Crippen LogP contribution is 2.28. The zero-order chi connectivity index (χ0) is 16.8. The van der Waals surface area contributed by atoms with Gasteiger partial charge in [-0.15, -0.1) is 0 Å². The van der Waals surface area contributed by atoms with Crippen LogP contribution in [0.4, 0.5) is 11.4 Å². The first kappa shape index (κ1) is 15.9. The maximum atomic E-state index is 11.5. The summed E-state index contributed by atoms with van der Waals surface area (Å²) in [6.45, 7) is 2.22. The molecule has 0 saturated heterocycles. The van der Waals surface area contributed by atoms with E-state index >= 15 is 0 Å². The Kier molecular flexibility index (Phi) is 4.96. The highest BCUT2D eigenvalue weighted by atomic mass is 16.5. The third-order valence-corrected chi connectivity index (χ3v) is 3.70. The van der Waals surface area contributed by atoms with Gasteiger partial charge in [0, 0.05) is 17.4 Å². The van der Waals surface area contributed by atoms with Crippen molar-refractivity contribution in [3.8, 4) is 11.3 Å². The van der Waals surface area contributed by atoms with Gasteiger partial charge >= 0.3 is 5.97 Å². The van der Waals surface area contributed by atoms with Gasteiger partial charge in [-0.25, -0.2) is 0 Å². The summed E-state index contributed by atoms with van der Waals surface area (Å²) in [6.07, 6.45) is 2.22. The summed E-state index contributed by atoms with van der Waals surface area (Å²) in [7, 11) is 0. The molecule has 0 aliphatic rings. The maximum absolute atomic E-state index is 11.5. The van der Waals surface area contributed by atoms with Gasteiger partial charge in [-0.05, 0) is 30.7 Å². The predicted octanol–water partition coefficient (Wildman–Crippen LogP) is 4.53. The van der Waals surface area contributed by atoms with Gasteiger partial charge in [-0.2, -0.15) is 0 Å². The molecule has 3 rings (SSSR count). The van der Waals surface area contributed by atoms with Crippen molar-refractivity contribution in [1.82, 2.24) is 4.98 Å². The second-order valence-electron chi connectivity index (χ2n) is 5.44. The second-order valence-corrected chi connectivity index (χ2v) is 5.44. The lowest BCUT2D eigenvalue weighted by Gasteiger charge is -2.09. The Hall–Kier alpha value is -3.01. The molecule has 0 spiro atoms. The number of hydrogen-bond acceptors (Lipinski definition) is 3. The summed E-state index contributed by atoms with van der Waals surface area (Å²) in [5.74, 6) is -0.199. The molecule has 1 heterocycles. The summed E-state index contributed by atoms with van der Waals surface area (Å²) >= 11 is 0. The molecule has 3 aromatic rings. The first-order valence-electron chi connectivity index (χ1n) is 8.00. The highest BCUT2D eigenvalue weighted by molar-refractivity contribution is 5.78. The second kappa shape index (κ2) is 7.51. The van der Waals surface area contributed by atoms with E-state index in [0.717, 1.165) is 28.2 Å². The topological polar surface area (TPSA) is 54.1 Å². The molecule has 0 radical (unpaired) electrons. The third-order valence-electron chi connectivity index (χ3n) is 3.70. The molecule has 0 fully saturated rings. The van der Waals surface area contributed by atoms with E-state index in [-0.39, 0.29) is 5.97 Å². The van der Waals surface area contributed by atoms with Gasteiger partial charge in [0.05, 0.1) is 24.4 Å². The van der Waals surface area contributed by atoms with Crippen LogP contribution in [0.2, 0.25) is 0 Å². The number of aromatic amines is 1. The van der Waals surface area contributed by atoms with Crippen LogP contribution < -0.4 is 5.32 Å². The Morgan fingerprint density at radius 2 is 1.79 bits per heavy atom. The largest absolute Gasteiger partial charge is 0.466 e. The van der Waals surface area contributed by atoms with Crippen molar-refractivity contribution < 1.29 is 9.53 Å². The maximum Gasteiger partial charge on any atom is 0.310 e. The van der Waals surface area contributed by atoms with E-state index in [1.165, 1.54) is 0 Å². The summed E-state index contributed by atoms with van der Waals surface area (Å²) in [5, 5.41) is 3.41. The minimum Gasteiger partial charge on any atom is -0.466 e. The Balaban J connectivity index is 1.71. The molecule has 0 unspecified atom stereocenters. The SMILES string of the molecule is CCOC(=O)Cc1ccc(Nc2cc[nH]c2-c2ccccc2)cc1. The van der Waals surface area contributed by atoms with E-state index in [4.69, 9.17) is 4.74 Å².